The minimum atomic E-state index is -4.84. The maximum atomic E-state index is 13.7. The highest BCUT2D eigenvalue weighted by Gasteiger charge is 2.38. The highest BCUT2D eigenvalue weighted by Crippen LogP contribution is 2.45. The normalized spacial score (nSPS) is 11.6. The van der Waals surface area contributed by atoms with Crippen molar-refractivity contribution in [3.63, 3.8) is 0 Å². The van der Waals surface area contributed by atoms with Crippen LogP contribution >= 0.6 is 0 Å². The Labute approximate surface area is 165 Å². The Morgan fingerprint density at radius 2 is 1.55 bits per heavy atom. The molecule has 3 aromatic rings. The van der Waals surface area contributed by atoms with Gasteiger partial charge in [0.1, 0.15) is 11.8 Å². The van der Waals surface area contributed by atoms with E-state index in [0.29, 0.717) is 16.9 Å². The summed E-state index contributed by atoms with van der Waals surface area (Å²) in [5.41, 5.74) is 11.0. The molecule has 0 saturated heterocycles. The zero-order valence-electron chi connectivity index (χ0n) is 15.3. The minimum Gasteiger partial charge on any atom is -0.399 e. The molecule has 0 fully saturated rings. The number of nitrogens with two attached hydrogens (primary N) is 2. The summed E-state index contributed by atoms with van der Waals surface area (Å²) in [5.74, 6) is 0. The number of nitrogen functional groups attached to an aromatic ring is 2. The molecule has 3 rings (SSSR count). The number of anilines is 2. The van der Waals surface area contributed by atoms with Crippen LogP contribution in [-0.2, 0) is 6.18 Å². The zero-order valence-corrected chi connectivity index (χ0v) is 15.3. The summed E-state index contributed by atoms with van der Waals surface area (Å²) in [6.07, 6.45) is -4.84. The first kappa shape index (κ1) is 19.9. The first-order valence-electron chi connectivity index (χ1n) is 8.49. The molecular formula is C21H16F3N5. The van der Waals surface area contributed by atoms with Gasteiger partial charge in [-0.05, 0) is 42.3 Å². The molecule has 0 atom stereocenters. The second-order valence-corrected chi connectivity index (χ2v) is 6.32. The van der Waals surface area contributed by atoms with Crippen molar-refractivity contribution in [3.05, 3.63) is 71.3 Å². The second-order valence-electron chi connectivity index (χ2n) is 6.32. The number of benzene rings is 3. The fourth-order valence-corrected chi connectivity index (χ4v) is 2.85. The van der Waals surface area contributed by atoms with Crippen LogP contribution in [0.5, 0.6) is 0 Å². The fraction of sp³-hybridized carbons (Fsp3) is 0.0952. The van der Waals surface area contributed by atoms with Gasteiger partial charge in [-0.25, -0.2) is 0 Å². The van der Waals surface area contributed by atoms with Gasteiger partial charge in [0, 0.05) is 11.3 Å². The summed E-state index contributed by atoms with van der Waals surface area (Å²) in [6.45, 7) is 1.80. The van der Waals surface area contributed by atoms with E-state index in [1.165, 1.54) is 30.3 Å². The molecule has 146 valence electrons. The first-order chi connectivity index (χ1) is 13.7. The molecule has 0 radical (unpaired) electrons. The number of hydrogen-bond donors (Lipinski definition) is 2. The molecule has 0 aliphatic heterocycles. The summed E-state index contributed by atoms with van der Waals surface area (Å²) in [4.78, 5) is 0. The topological polar surface area (TPSA) is 101 Å². The zero-order chi connectivity index (χ0) is 21.2. The monoisotopic (exact) mass is 395 g/mol. The Morgan fingerprint density at radius 3 is 2.14 bits per heavy atom. The van der Waals surface area contributed by atoms with E-state index in [0.717, 1.165) is 5.56 Å². The third-order valence-electron chi connectivity index (χ3n) is 4.34. The maximum Gasteiger partial charge on any atom is 0.419 e. The van der Waals surface area contributed by atoms with Gasteiger partial charge < -0.3 is 11.5 Å². The molecule has 3 aromatic carbocycles. The van der Waals surface area contributed by atoms with Gasteiger partial charge in [-0.3, -0.25) is 0 Å². The molecule has 4 N–H and O–H groups in total. The molecule has 8 heteroatoms. The van der Waals surface area contributed by atoms with Crippen molar-refractivity contribution < 1.29 is 13.2 Å². The molecule has 0 saturated carbocycles. The summed E-state index contributed by atoms with van der Waals surface area (Å²) in [6, 6.07) is 16.1. The number of alkyl halides is 3. The number of nitrogens with zero attached hydrogens (tertiary/aromatic N) is 3. The fourth-order valence-electron chi connectivity index (χ4n) is 2.85. The van der Waals surface area contributed by atoms with Crippen LogP contribution in [-0.4, -0.2) is 0 Å². The van der Waals surface area contributed by atoms with E-state index < -0.39 is 23.0 Å². The Bertz CT molecular complexity index is 1130. The number of rotatable bonds is 3. The van der Waals surface area contributed by atoms with Crippen LogP contribution in [0.2, 0.25) is 0 Å². The number of aryl methyl sites for hydroxylation is 1. The van der Waals surface area contributed by atoms with Crippen molar-refractivity contribution in [3.8, 4) is 17.2 Å². The van der Waals surface area contributed by atoms with Gasteiger partial charge in [0.15, 0.2) is 0 Å². The molecule has 0 aromatic heterocycles. The maximum absolute atomic E-state index is 13.7. The van der Waals surface area contributed by atoms with E-state index in [-0.39, 0.29) is 11.3 Å². The number of hydrogen-bond acceptors (Lipinski definition) is 5. The van der Waals surface area contributed by atoms with Crippen LogP contribution in [0.3, 0.4) is 0 Å². The lowest BCUT2D eigenvalue weighted by molar-refractivity contribution is -0.137. The van der Waals surface area contributed by atoms with Gasteiger partial charge in [0.05, 0.1) is 22.5 Å². The minimum absolute atomic E-state index is 0.0489. The molecule has 0 spiro atoms. The van der Waals surface area contributed by atoms with Crippen molar-refractivity contribution in [1.29, 1.82) is 5.26 Å². The molecular weight excluding hydrogens is 379 g/mol. The van der Waals surface area contributed by atoms with Gasteiger partial charge in [0.2, 0.25) is 0 Å². The molecule has 29 heavy (non-hydrogen) atoms. The highest BCUT2D eigenvalue weighted by molar-refractivity contribution is 5.84. The molecule has 0 amide bonds. The highest BCUT2D eigenvalue weighted by atomic mass is 19.4. The van der Waals surface area contributed by atoms with Crippen molar-refractivity contribution in [2.45, 2.75) is 13.1 Å². The van der Waals surface area contributed by atoms with Gasteiger partial charge in [-0.2, -0.15) is 23.5 Å². The standard InChI is InChI=1S/C21H16F3N5/c1-12-4-2-3-5-17(12)28-29-18-10-15(13-6-8-14(26)9-7-13)16(11-25)19(20(18)27)21(22,23)24/h2-10H,26-27H2,1H3. The van der Waals surface area contributed by atoms with E-state index in [9.17, 15) is 18.4 Å². The summed E-state index contributed by atoms with van der Waals surface area (Å²) in [7, 11) is 0. The first-order valence-corrected chi connectivity index (χ1v) is 8.49. The number of halogens is 3. The van der Waals surface area contributed by atoms with E-state index in [1.807, 2.05) is 6.07 Å². The average molecular weight is 395 g/mol. The van der Waals surface area contributed by atoms with Gasteiger partial charge in [0.25, 0.3) is 0 Å². The van der Waals surface area contributed by atoms with Crippen molar-refractivity contribution in [2.75, 3.05) is 11.5 Å². The molecule has 5 nitrogen and oxygen atoms in total. The Morgan fingerprint density at radius 1 is 0.931 bits per heavy atom. The number of azo groups is 1. The lowest BCUT2D eigenvalue weighted by atomic mass is 9.93. The van der Waals surface area contributed by atoms with Crippen molar-refractivity contribution in [2.24, 2.45) is 10.2 Å². The lowest BCUT2D eigenvalue weighted by Gasteiger charge is -2.17. The Balaban J connectivity index is 2.26. The van der Waals surface area contributed by atoms with Crippen LogP contribution in [0.15, 0.2) is 64.8 Å². The molecule has 0 heterocycles. The van der Waals surface area contributed by atoms with E-state index in [2.05, 4.69) is 10.2 Å². The predicted molar refractivity (Wildman–Crippen MR) is 106 cm³/mol. The Hall–Kier alpha value is -3.86. The van der Waals surface area contributed by atoms with Crippen LogP contribution in [0, 0.1) is 18.3 Å². The SMILES string of the molecule is Cc1ccccc1N=Nc1cc(-c2ccc(N)cc2)c(C#N)c(C(F)(F)F)c1N. The van der Waals surface area contributed by atoms with E-state index >= 15 is 0 Å². The van der Waals surface area contributed by atoms with Crippen molar-refractivity contribution >= 4 is 22.7 Å². The molecule has 0 bridgehead atoms. The van der Waals surface area contributed by atoms with Gasteiger partial charge >= 0.3 is 6.18 Å². The Kier molecular flexibility index (Phi) is 5.24. The van der Waals surface area contributed by atoms with Crippen LogP contribution in [0.25, 0.3) is 11.1 Å². The second kappa shape index (κ2) is 7.64. The lowest BCUT2D eigenvalue weighted by Crippen LogP contribution is -2.13. The molecule has 0 aliphatic carbocycles. The number of nitriles is 1. The van der Waals surface area contributed by atoms with Crippen LogP contribution in [0.4, 0.5) is 35.9 Å². The van der Waals surface area contributed by atoms with Crippen LogP contribution < -0.4 is 11.5 Å². The summed E-state index contributed by atoms with van der Waals surface area (Å²) >= 11 is 0. The molecule has 0 aliphatic rings. The van der Waals surface area contributed by atoms with Crippen LogP contribution in [0.1, 0.15) is 16.7 Å². The third-order valence-corrected chi connectivity index (χ3v) is 4.34. The molecule has 0 unspecified atom stereocenters. The van der Waals surface area contributed by atoms with Crippen molar-refractivity contribution in [1.82, 2.24) is 0 Å². The van der Waals surface area contributed by atoms with E-state index in [1.54, 1.807) is 31.2 Å². The van der Waals surface area contributed by atoms with E-state index in [4.69, 9.17) is 11.5 Å². The predicted octanol–water partition coefficient (Wildman–Crippen LogP) is 6.13. The average Bonchev–Trinajstić information content (AvgIpc) is 2.67. The largest absolute Gasteiger partial charge is 0.419 e. The van der Waals surface area contributed by atoms with Gasteiger partial charge in [-0.15, -0.1) is 5.11 Å². The summed E-state index contributed by atoms with van der Waals surface area (Å²) < 4.78 is 41.2. The third kappa shape index (κ3) is 4.04. The van der Waals surface area contributed by atoms with Gasteiger partial charge in [-0.1, -0.05) is 30.3 Å². The smallest absolute Gasteiger partial charge is 0.399 e. The summed E-state index contributed by atoms with van der Waals surface area (Å²) in [5, 5.41) is 17.4. The quantitative estimate of drug-likeness (QED) is 0.412.